The molecule has 2 N–H and O–H groups in total. The van der Waals surface area contributed by atoms with Gasteiger partial charge in [-0.1, -0.05) is 19.9 Å². The van der Waals surface area contributed by atoms with Crippen LogP contribution in [0, 0.1) is 5.92 Å². The van der Waals surface area contributed by atoms with Crippen molar-refractivity contribution in [1.29, 1.82) is 0 Å². The molecule has 36 heavy (non-hydrogen) atoms. The van der Waals surface area contributed by atoms with Crippen LogP contribution in [0.2, 0.25) is 0 Å². The molecule has 3 aromatic rings. The maximum Gasteiger partial charge on any atom is 0.269 e. The highest BCUT2D eigenvalue weighted by Crippen LogP contribution is 2.29. The van der Waals surface area contributed by atoms with E-state index in [4.69, 9.17) is 18.9 Å². The number of hydrogen-bond acceptors (Lipinski definition) is 7. The van der Waals surface area contributed by atoms with Gasteiger partial charge in [-0.2, -0.15) is 0 Å². The fourth-order valence-corrected chi connectivity index (χ4v) is 3.15. The van der Waals surface area contributed by atoms with E-state index in [1.165, 1.54) is 20.3 Å². The number of rotatable bonds is 11. The van der Waals surface area contributed by atoms with Crippen LogP contribution in [0.25, 0.3) is 0 Å². The van der Waals surface area contributed by atoms with Crippen molar-refractivity contribution in [2.45, 2.75) is 26.9 Å². The number of carbonyl (C=O) groups is 2. The molecule has 1 aromatic heterocycles. The van der Waals surface area contributed by atoms with Crippen LogP contribution in [0.3, 0.4) is 0 Å². The largest absolute Gasteiger partial charge is 0.493 e. The van der Waals surface area contributed by atoms with Crippen molar-refractivity contribution in [3.05, 3.63) is 77.6 Å². The van der Waals surface area contributed by atoms with Gasteiger partial charge in [-0.05, 0) is 60.9 Å². The van der Waals surface area contributed by atoms with E-state index in [0.717, 1.165) is 12.1 Å². The fourth-order valence-electron chi connectivity index (χ4n) is 3.15. The SMILES string of the molecule is COc1cc(C(=O)NNC(=O)c2ccc(OCc3ccccn3)c(OC)c2)ccc1OCCC(C)C. The van der Waals surface area contributed by atoms with Crippen LogP contribution in [0.15, 0.2) is 60.8 Å². The lowest BCUT2D eigenvalue weighted by atomic mass is 10.1. The number of ether oxygens (including phenoxy) is 4. The molecule has 0 saturated carbocycles. The Morgan fingerprint density at radius 3 is 1.89 bits per heavy atom. The van der Waals surface area contributed by atoms with E-state index in [2.05, 4.69) is 29.7 Å². The fraction of sp³-hybridized carbons (Fsp3) is 0.296. The number of pyridine rings is 1. The summed E-state index contributed by atoms with van der Waals surface area (Å²) >= 11 is 0. The summed E-state index contributed by atoms with van der Waals surface area (Å²) in [6.45, 7) is 5.03. The Kier molecular flexibility index (Phi) is 9.50. The summed E-state index contributed by atoms with van der Waals surface area (Å²) in [5, 5.41) is 0. The second-order valence-electron chi connectivity index (χ2n) is 8.28. The number of methoxy groups -OCH3 is 2. The lowest BCUT2D eigenvalue weighted by molar-refractivity contribution is 0.0846. The van der Waals surface area contributed by atoms with Crippen molar-refractivity contribution in [3.63, 3.8) is 0 Å². The number of nitrogens with one attached hydrogen (secondary N) is 2. The van der Waals surface area contributed by atoms with E-state index in [0.29, 0.717) is 41.1 Å². The van der Waals surface area contributed by atoms with Crippen LogP contribution in [0.5, 0.6) is 23.0 Å². The minimum atomic E-state index is -0.515. The van der Waals surface area contributed by atoms with Crippen LogP contribution in [0.4, 0.5) is 0 Å². The lowest BCUT2D eigenvalue weighted by Crippen LogP contribution is -2.41. The Balaban J connectivity index is 1.59. The zero-order chi connectivity index (χ0) is 25.9. The van der Waals surface area contributed by atoms with Crippen molar-refractivity contribution in [2.75, 3.05) is 20.8 Å². The minimum absolute atomic E-state index is 0.254. The van der Waals surface area contributed by atoms with Gasteiger partial charge in [0.1, 0.15) is 6.61 Å². The van der Waals surface area contributed by atoms with E-state index in [1.807, 2.05) is 18.2 Å². The van der Waals surface area contributed by atoms with Crippen molar-refractivity contribution in [2.24, 2.45) is 5.92 Å². The first-order valence-electron chi connectivity index (χ1n) is 11.5. The molecule has 0 aliphatic rings. The summed E-state index contributed by atoms with van der Waals surface area (Å²) in [6, 6.07) is 15.1. The highest BCUT2D eigenvalue weighted by molar-refractivity contribution is 5.99. The van der Waals surface area contributed by atoms with Gasteiger partial charge in [0.2, 0.25) is 0 Å². The van der Waals surface area contributed by atoms with Crippen molar-refractivity contribution in [1.82, 2.24) is 15.8 Å². The highest BCUT2D eigenvalue weighted by atomic mass is 16.5. The number of aromatic nitrogens is 1. The second-order valence-corrected chi connectivity index (χ2v) is 8.28. The predicted octanol–water partition coefficient (Wildman–Crippen LogP) is 4.18. The molecular formula is C27H31N3O6. The smallest absolute Gasteiger partial charge is 0.269 e. The molecule has 3 rings (SSSR count). The zero-order valence-corrected chi connectivity index (χ0v) is 20.9. The van der Waals surface area contributed by atoms with Crippen LogP contribution in [0.1, 0.15) is 46.7 Å². The molecule has 0 bridgehead atoms. The quantitative estimate of drug-likeness (QED) is 0.386. The number of hydrogen-bond donors (Lipinski definition) is 2. The number of carbonyl (C=O) groups excluding carboxylic acids is 2. The monoisotopic (exact) mass is 493 g/mol. The number of benzene rings is 2. The van der Waals surface area contributed by atoms with Crippen molar-refractivity contribution < 1.29 is 28.5 Å². The first-order valence-corrected chi connectivity index (χ1v) is 11.5. The molecule has 0 spiro atoms. The van der Waals surface area contributed by atoms with Crippen LogP contribution >= 0.6 is 0 Å². The summed E-state index contributed by atoms with van der Waals surface area (Å²) in [6.07, 6.45) is 2.59. The van der Waals surface area contributed by atoms with Gasteiger partial charge in [0, 0.05) is 17.3 Å². The third kappa shape index (κ3) is 7.36. The van der Waals surface area contributed by atoms with E-state index in [1.54, 1.807) is 36.5 Å². The van der Waals surface area contributed by atoms with Crippen LogP contribution in [-0.2, 0) is 6.61 Å². The van der Waals surface area contributed by atoms with Gasteiger partial charge in [0.05, 0.1) is 26.5 Å². The Hall–Kier alpha value is -4.27. The van der Waals surface area contributed by atoms with Gasteiger partial charge in [-0.25, -0.2) is 0 Å². The normalized spacial score (nSPS) is 10.5. The van der Waals surface area contributed by atoms with Crippen LogP contribution < -0.4 is 29.8 Å². The zero-order valence-electron chi connectivity index (χ0n) is 20.9. The standard InChI is InChI=1S/C27H31N3O6/c1-18(2)12-14-35-22-10-8-19(15-24(22)33-3)26(31)29-30-27(32)20-9-11-23(25(16-20)34-4)36-17-21-7-5-6-13-28-21/h5-11,13,15-16,18H,12,14,17H2,1-4H3,(H,29,31)(H,30,32). The van der Waals surface area contributed by atoms with Gasteiger partial charge in [0.25, 0.3) is 11.8 Å². The molecule has 2 amide bonds. The van der Waals surface area contributed by atoms with E-state index in [-0.39, 0.29) is 12.2 Å². The maximum atomic E-state index is 12.6. The average Bonchev–Trinajstić information content (AvgIpc) is 2.90. The molecule has 0 unspecified atom stereocenters. The third-order valence-corrected chi connectivity index (χ3v) is 5.20. The van der Waals surface area contributed by atoms with Crippen LogP contribution in [-0.4, -0.2) is 37.6 Å². The summed E-state index contributed by atoms with van der Waals surface area (Å²) in [5.41, 5.74) is 6.16. The molecular weight excluding hydrogens is 462 g/mol. The maximum absolute atomic E-state index is 12.6. The Bertz CT molecular complexity index is 1170. The minimum Gasteiger partial charge on any atom is -0.493 e. The third-order valence-electron chi connectivity index (χ3n) is 5.20. The Morgan fingerprint density at radius 1 is 0.806 bits per heavy atom. The molecule has 0 aliphatic heterocycles. The number of nitrogens with zero attached hydrogens (tertiary/aromatic N) is 1. The summed E-state index contributed by atoms with van der Waals surface area (Å²) in [4.78, 5) is 29.4. The summed E-state index contributed by atoms with van der Waals surface area (Å²) < 4.78 is 22.2. The highest BCUT2D eigenvalue weighted by Gasteiger charge is 2.15. The van der Waals surface area contributed by atoms with E-state index in [9.17, 15) is 9.59 Å². The summed E-state index contributed by atoms with van der Waals surface area (Å²) in [7, 11) is 2.99. The molecule has 9 nitrogen and oxygen atoms in total. The van der Waals surface area contributed by atoms with Gasteiger partial charge < -0.3 is 18.9 Å². The topological polar surface area (TPSA) is 108 Å². The van der Waals surface area contributed by atoms with Gasteiger partial charge in [0.15, 0.2) is 23.0 Å². The molecule has 2 aromatic carbocycles. The molecule has 0 atom stereocenters. The number of amides is 2. The second kappa shape index (κ2) is 13.0. The predicted molar refractivity (Wildman–Crippen MR) is 134 cm³/mol. The van der Waals surface area contributed by atoms with Crippen molar-refractivity contribution in [3.8, 4) is 23.0 Å². The molecule has 190 valence electrons. The summed E-state index contributed by atoms with van der Waals surface area (Å²) in [5.74, 6) is 1.32. The average molecular weight is 494 g/mol. The van der Waals surface area contributed by atoms with Gasteiger partial charge in [-0.3, -0.25) is 25.4 Å². The van der Waals surface area contributed by atoms with Gasteiger partial charge in [-0.15, -0.1) is 0 Å². The number of hydrazine groups is 1. The van der Waals surface area contributed by atoms with E-state index >= 15 is 0 Å². The molecule has 0 radical (unpaired) electrons. The molecule has 9 heteroatoms. The lowest BCUT2D eigenvalue weighted by Gasteiger charge is -2.14. The first kappa shape index (κ1) is 26.3. The van der Waals surface area contributed by atoms with E-state index < -0.39 is 11.8 Å². The van der Waals surface area contributed by atoms with Crippen molar-refractivity contribution >= 4 is 11.8 Å². The van der Waals surface area contributed by atoms with Gasteiger partial charge >= 0.3 is 0 Å². The first-order chi connectivity index (χ1) is 17.4. The Labute approximate surface area is 210 Å². The Morgan fingerprint density at radius 2 is 1.39 bits per heavy atom. The molecule has 1 heterocycles. The molecule has 0 fully saturated rings. The molecule has 0 saturated heterocycles. The molecule has 0 aliphatic carbocycles.